The zero-order valence-electron chi connectivity index (χ0n) is 26.3. The monoisotopic (exact) mass is 600 g/mol. The molecule has 7 aromatic rings. The molecular weight excluding hydrogens is 560 g/mol. The minimum atomic E-state index is -0.0163. The Hall–Kier alpha value is -5.55. The molecule has 0 saturated carbocycles. The van der Waals surface area contributed by atoms with Crippen LogP contribution in [-0.2, 0) is 0 Å². The van der Waals surface area contributed by atoms with E-state index in [0.717, 1.165) is 50.0 Å². The van der Waals surface area contributed by atoms with Crippen molar-refractivity contribution in [1.29, 1.82) is 0 Å². The number of benzene rings is 6. The van der Waals surface area contributed by atoms with Crippen molar-refractivity contribution < 1.29 is 0 Å². The van der Waals surface area contributed by atoms with E-state index >= 15 is 0 Å². The number of anilines is 1. The first-order valence-electron chi connectivity index (χ1n) is 15.4. The summed E-state index contributed by atoms with van der Waals surface area (Å²) in [5, 5.41) is 1.14. The second kappa shape index (κ2) is 15.4. The molecule has 0 aliphatic heterocycles. The van der Waals surface area contributed by atoms with Gasteiger partial charge in [0.25, 0.3) is 0 Å². The van der Waals surface area contributed by atoms with E-state index in [1.807, 2.05) is 54.7 Å². The number of nitrogens with zero attached hydrogens (tertiary/aromatic N) is 1. The van der Waals surface area contributed by atoms with Crippen molar-refractivity contribution in [3.8, 4) is 33.4 Å². The quantitative estimate of drug-likeness (QED) is 0.172. The van der Waals surface area contributed by atoms with Crippen LogP contribution >= 0.6 is 0 Å². The van der Waals surface area contributed by atoms with Gasteiger partial charge in [-0.25, -0.2) is 0 Å². The summed E-state index contributed by atoms with van der Waals surface area (Å²) in [4.78, 5) is 4.85. The van der Waals surface area contributed by atoms with Crippen molar-refractivity contribution in [1.82, 2.24) is 4.98 Å². The minimum absolute atomic E-state index is 0.0163. The van der Waals surface area contributed by atoms with Gasteiger partial charge in [-0.1, -0.05) is 139 Å². The third kappa shape index (κ3) is 7.74. The molecular formula is C42H40N4. The molecule has 46 heavy (non-hydrogen) atoms. The Bertz CT molecular complexity index is 1930. The fourth-order valence-electron chi connectivity index (χ4n) is 5.35. The molecule has 4 heteroatoms. The predicted molar refractivity (Wildman–Crippen MR) is 196 cm³/mol. The number of pyridine rings is 1. The van der Waals surface area contributed by atoms with E-state index in [1.54, 1.807) is 0 Å². The number of aryl methyl sites for hydroxylation is 1. The fraction of sp³-hybridized carbons (Fsp3) is 0.0714. The summed E-state index contributed by atoms with van der Waals surface area (Å²) >= 11 is 0. The third-order valence-electron chi connectivity index (χ3n) is 7.83. The first-order chi connectivity index (χ1) is 22.5. The van der Waals surface area contributed by atoms with Gasteiger partial charge in [0.15, 0.2) is 0 Å². The van der Waals surface area contributed by atoms with Gasteiger partial charge in [0.1, 0.15) is 0 Å². The SMILES string of the molecule is CN.Cc1ccc(-c2cccc3cc(-c4cccc(-c5ccc(N)cc5)c4)cnc23)cc1.NC(c1ccccc1)c1ccccc1. The second-order valence-electron chi connectivity index (χ2n) is 11.0. The van der Waals surface area contributed by atoms with Crippen molar-refractivity contribution in [2.75, 3.05) is 12.8 Å². The van der Waals surface area contributed by atoms with Gasteiger partial charge in [-0.05, 0) is 71.6 Å². The van der Waals surface area contributed by atoms with E-state index in [9.17, 15) is 0 Å². The molecule has 0 aliphatic carbocycles. The van der Waals surface area contributed by atoms with E-state index < -0.39 is 0 Å². The Morgan fingerprint density at radius 2 is 1.04 bits per heavy atom. The molecule has 0 radical (unpaired) electrons. The molecule has 0 aliphatic rings. The number of nitrogen functional groups attached to an aromatic ring is 1. The lowest BCUT2D eigenvalue weighted by molar-refractivity contribution is 0.871. The number of rotatable bonds is 5. The number of aromatic nitrogens is 1. The highest BCUT2D eigenvalue weighted by atomic mass is 14.7. The number of para-hydroxylation sites is 1. The zero-order chi connectivity index (χ0) is 32.3. The van der Waals surface area contributed by atoms with Crippen molar-refractivity contribution in [2.45, 2.75) is 13.0 Å². The first-order valence-corrected chi connectivity index (χ1v) is 15.4. The summed E-state index contributed by atoms with van der Waals surface area (Å²) < 4.78 is 0. The summed E-state index contributed by atoms with van der Waals surface area (Å²) in [6, 6.07) is 54.0. The van der Waals surface area contributed by atoms with Gasteiger partial charge in [0.2, 0.25) is 0 Å². The second-order valence-corrected chi connectivity index (χ2v) is 11.0. The molecule has 0 bridgehead atoms. The highest BCUT2D eigenvalue weighted by Gasteiger charge is 2.09. The zero-order valence-corrected chi connectivity index (χ0v) is 26.3. The molecule has 1 aromatic heterocycles. The fourth-order valence-corrected chi connectivity index (χ4v) is 5.35. The lowest BCUT2D eigenvalue weighted by Crippen LogP contribution is -2.11. The van der Waals surface area contributed by atoms with E-state index in [0.29, 0.717) is 0 Å². The Labute approximate surface area is 272 Å². The van der Waals surface area contributed by atoms with Crippen LogP contribution in [0.15, 0.2) is 164 Å². The molecule has 6 aromatic carbocycles. The molecule has 4 nitrogen and oxygen atoms in total. The molecule has 7 rings (SSSR count). The van der Waals surface area contributed by atoms with Crippen LogP contribution in [0.3, 0.4) is 0 Å². The van der Waals surface area contributed by atoms with Crippen molar-refractivity contribution in [3.05, 3.63) is 181 Å². The topological polar surface area (TPSA) is 91.0 Å². The minimum Gasteiger partial charge on any atom is -0.399 e. The maximum Gasteiger partial charge on any atom is 0.0780 e. The van der Waals surface area contributed by atoms with E-state index in [-0.39, 0.29) is 6.04 Å². The lowest BCUT2D eigenvalue weighted by atomic mass is 9.97. The van der Waals surface area contributed by atoms with Gasteiger partial charge in [-0.3, -0.25) is 4.98 Å². The number of nitrogens with two attached hydrogens (primary N) is 3. The average Bonchev–Trinajstić information content (AvgIpc) is 3.13. The van der Waals surface area contributed by atoms with E-state index in [2.05, 4.69) is 122 Å². The summed E-state index contributed by atoms with van der Waals surface area (Å²) in [6.07, 6.45) is 1.97. The van der Waals surface area contributed by atoms with Crippen molar-refractivity contribution in [2.24, 2.45) is 11.5 Å². The standard InChI is InChI=1S/C28H22N2.C13H13N.CH5N/c1-19-8-10-21(11-9-19)27-7-3-6-24-17-25(18-30-28(24)27)23-5-2-4-22(16-23)20-12-14-26(29)15-13-20;14-13(11-7-3-1-4-8-11)12-9-5-2-6-10-12;1-2/h2-18H,29H2,1H3;1-10,13H,14H2;2H2,1H3. The highest BCUT2D eigenvalue weighted by molar-refractivity contribution is 5.95. The molecule has 0 atom stereocenters. The van der Waals surface area contributed by atoms with E-state index in [4.69, 9.17) is 16.5 Å². The predicted octanol–water partition coefficient (Wildman–Crippen LogP) is 9.44. The molecule has 0 amide bonds. The third-order valence-corrected chi connectivity index (χ3v) is 7.83. The molecule has 0 spiro atoms. The van der Waals surface area contributed by atoms with Crippen molar-refractivity contribution in [3.63, 3.8) is 0 Å². The summed E-state index contributed by atoms with van der Waals surface area (Å²) in [5.74, 6) is 0. The molecule has 0 unspecified atom stereocenters. The number of hydrogen-bond donors (Lipinski definition) is 3. The van der Waals surface area contributed by atoms with Crippen LogP contribution in [0.5, 0.6) is 0 Å². The maximum absolute atomic E-state index is 6.12. The smallest absolute Gasteiger partial charge is 0.0780 e. The molecule has 0 fully saturated rings. The highest BCUT2D eigenvalue weighted by Crippen LogP contribution is 2.32. The van der Waals surface area contributed by atoms with Gasteiger partial charge in [0, 0.05) is 28.4 Å². The summed E-state index contributed by atoms with van der Waals surface area (Å²) in [6.45, 7) is 2.11. The van der Waals surface area contributed by atoms with E-state index in [1.165, 1.54) is 23.7 Å². The average molecular weight is 601 g/mol. The van der Waals surface area contributed by atoms with Crippen LogP contribution in [0.4, 0.5) is 5.69 Å². The molecule has 228 valence electrons. The van der Waals surface area contributed by atoms with Crippen molar-refractivity contribution >= 4 is 16.6 Å². The molecule has 6 N–H and O–H groups in total. The Kier molecular flexibility index (Phi) is 10.7. The largest absolute Gasteiger partial charge is 0.399 e. The van der Waals surface area contributed by atoms with Gasteiger partial charge < -0.3 is 17.2 Å². The summed E-state index contributed by atoms with van der Waals surface area (Å²) in [7, 11) is 1.50. The summed E-state index contributed by atoms with van der Waals surface area (Å²) in [5.41, 5.74) is 28.8. The first kappa shape index (κ1) is 31.9. The van der Waals surface area contributed by atoms with Gasteiger partial charge in [-0.2, -0.15) is 0 Å². The van der Waals surface area contributed by atoms with Gasteiger partial charge in [0.05, 0.1) is 11.6 Å². The molecule has 1 heterocycles. The molecule has 0 saturated heterocycles. The number of hydrogen-bond acceptors (Lipinski definition) is 4. The van der Waals surface area contributed by atoms with Crippen LogP contribution < -0.4 is 17.2 Å². The van der Waals surface area contributed by atoms with Crippen LogP contribution in [0.1, 0.15) is 22.7 Å². The van der Waals surface area contributed by atoms with Gasteiger partial charge >= 0.3 is 0 Å². The maximum atomic E-state index is 6.12. The Morgan fingerprint density at radius 3 is 1.65 bits per heavy atom. The van der Waals surface area contributed by atoms with Gasteiger partial charge in [-0.15, -0.1) is 0 Å². The Balaban J connectivity index is 0.000000218. The van der Waals surface area contributed by atoms with Crippen LogP contribution in [0.2, 0.25) is 0 Å². The number of fused-ring (bicyclic) bond motifs is 1. The Morgan fingerprint density at radius 1 is 0.500 bits per heavy atom. The van der Waals surface area contributed by atoms with Crippen LogP contribution in [0, 0.1) is 6.92 Å². The van der Waals surface area contributed by atoms with Crippen LogP contribution in [0.25, 0.3) is 44.3 Å². The van der Waals surface area contributed by atoms with Crippen LogP contribution in [-0.4, -0.2) is 12.0 Å². The lowest BCUT2D eigenvalue weighted by Gasteiger charge is -2.11. The normalized spacial score (nSPS) is 10.5.